The Balaban J connectivity index is 2.02. The second-order valence-electron chi connectivity index (χ2n) is 5.27. The fraction of sp³-hybridized carbons (Fsp3) is 0.167. The quantitative estimate of drug-likeness (QED) is 0.840. The second-order valence-corrected chi connectivity index (χ2v) is 5.27. The molecule has 0 saturated carbocycles. The van der Waals surface area contributed by atoms with E-state index in [9.17, 15) is 22.8 Å². The Labute approximate surface area is 147 Å². The zero-order valence-corrected chi connectivity index (χ0v) is 13.5. The van der Waals surface area contributed by atoms with Gasteiger partial charge in [-0.1, -0.05) is 12.1 Å². The van der Waals surface area contributed by atoms with Crippen LogP contribution in [0.25, 0.3) is 0 Å². The number of nitrogens with zero attached hydrogens (tertiary/aromatic N) is 1. The summed E-state index contributed by atoms with van der Waals surface area (Å²) in [6, 6.07) is 11.6. The van der Waals surface area contributed by atoms with Gasteiger partial charge in [0.1, 0.15) is 6.07 Å². The number of amides is 1. The smallest absolute Gasteiger partial charge is 0.416 e. The molecule has 1 amide bonds. The highest BCUT2D eigenvalue weighted by atomic mass is 19.4. The summed E-state index contributed by atoms with van der Waals surface area (Å²) < 4.78 is 42.5. The van der Waals surface area contributed by atoms with E-state index < -0.39 is 29.7 Å². The van der Waals surface area contributed by atoms with Crippen molar-refractivity contribution in [3.63, 3.8) is 0 Å². The number of carbonyl (C=O) groups is 2. The Kier molecular flexibility index (Phi) is 5.62. The van der Waals surface area contributed by atoms with E-state index in [1.807, 2.05) is 6.07 Å². The Morgan fingerprint density at radius 3 is 2.31 bits per heavy atom. The first-order chi connectivity index (χ1) is 12.2. The first-order valence-electron chi connectivity index (χ1n) is 7.40. The average molecular weight is 362 g/mol. The molecule has 0 fully saturated rings. The van der Waals surface area contributed by atoms with Gasteiger partial charge in [-0.2, -0.15) is 18.4 Å². The van der Waals surface area contributed by atoms with Crippen LogP contribution in [0.5, 0.6) is 0 Å². The van der Waals surface area contributed by atoms with Gasteiger partial charge in [0.2, 0.25) is 0 Å². The third kappa shape index (κ3) is 4.60. The van der Waals surface area contributed by atoms with Crippen molar-refractivity contribution in [3.05, 3.63) is 65.2 Å². The third-order valence-electron chi connectivity index (χ3n) is 3.41. The van der Waals surface area contributed by atoms with Gasteiger partial charge in [0, 0.05) is 0 Å². The molecule has 1 atom stereocenters. The number of nitrogens with one attached hydrogen (secondary N) is 1. The molecule has 0 aliphatic carbocycles. The van der Waals surface area contributed by atoms with Crippen molar-refractivity contribution in [1.29, 1.82) is 5.26 Å². The molecule has 1 N–H and O–H groups in total. The van der Waals surface area contributed by atoms with Crippen LogP contribution < -0.4 is 5.32 Å². The van der Waals surface area contributed by atoms with Gasteiger partial charge in [0.15, 0.2) is 6.10 Å². The van der Waals surface area contributed by atoms with Gasteiger partial charge in [-0.25, -0.2) is 4.79 Å². The summed E-state index contributed by atoms with van der Waals surface area (Å²) in [6.45, 7) is 1.31. The Hall–Kier alpha value is -3.34. The monoisotopic (exact) mass is 362 g/mol. The molecule has 0 saturated heterocycles. The van der Waals surface area contributed by atoms with E-state index in [-0.39, 0.29) is 16.8 Å². The number of ether oxygens (including phenoxy) is 1. The van der Waals surface area contributed by atoms with E-state index in [2.05, 4.69) is 5.32 Å². The van der Waals surface area contributed by atoms with Crippen LogP contribution in [-0.4, -0.2) is 18.0 Å². The fourth-order valence-corrected chi connectivity index (χ4v) is 2.00. The summed E-state index contributed by atoms with van der Waals surface area (Å²) in [4.78, 5) is 24.0. The molecule has 2 rings (SSSR count). The Morgan fingerprint density at radius 1 is 1.12 bits per heavy atom. The van der Waals surface area contributed by atoms with Crippen molar-refractivity contribution in [2.75, 3.05) is 5.32 Å². The SMILES string of the molecule is C[C@@H](OC(=O)c1ccc(C(F)(F)F)cc1)C(=O)Nc1ccccc1C#N. The number of benzene rings is 2. The number of carbonyl (C=O) groups excluding carboxylic acids is 2. The first kappa shape index (κ1) is 19.0. The summed E-state index contributed by atoms with van der Waals surface area (Å²) in [7, 11) is 0. The standard InChI is InChI=1S/C18H13F3N2O3/c1-11(16(24)23-15-5-3-2-4-13(15)10-22)26-17(25)12-6-8-14(9-7-12)18(19,20)21/h2-9,11H,1H3,(H,23,24)/t11-/m1/s1. The zero-order chi connectivity index (χ0) is 19.3. The molecule has 2 aromatic carbocycles. The number of halogens is 3. The molecule has 0 bridgehead atoms. The van der Waals surface area contributed by atoms with Gasteiger partial charge in [-0.05, 0) is 43.3 Å². The van der Waals surface area contributed by atoms with Crippen LogP contribution in [-0.2, 0) is 15.7 Å². The molecule has 134 valence electrons. The summed E-state index contributed by atoms with van der Waals surface area (Å²) in [5, 5.41) is 11.4. The van der Waals surface area contributed by atoms with Crippen LogP contribution in [0, 0.1) is 11.3 Å². The average Bonchev–Trinajstić information content (AvgIpc) is 2.61. The summed E-state index contributed by atoms with van der Waals surface area (Å²) in [5.41, 5.74) is -0.512. The van der Waals surface area contributed by atoms with Crippen molar-refractivity contribution in [1.82, 2.24) is 0 Å². The topological polar surface area (TPSA) is 79.2 Å². The van der Waals surface area contributed by atoms with Gasteiger partial charge in [-0.15, -0.1) is 0 Å². The van der Waals surface area contributed by atoms with E-state index in [4.69, 9.17) is 10.00 Å². The van der Waals surface area contributed by atoms with Crippen molar-refractivity contribution >= 4 is 17.6 Å². The predicted molar refractivity (Wildman–Crippen MR) is 86.1 cm³/mol. The van der Waals surface area contributed by atoms with E-state index in [1.54, 1.807) is 12.1 Å². The van der Waals surface area contributed by atoms with Crippen molar-refractivity contribution in [3.8, 4) is 6.07 Å². The number of rotatable bonds is 4. The number of para-hydroxylation sites is 1. The van der Waals surface area contributed by atoms with E-state index in [1.165, 1.54) is 19.1 Å². The maximum atomic E-state index is 12.5. The van der Waals surface area contributed by atoms with Crippen molar-refractivity contribution in [2.45, 2.75) is 19.2 Å². The lowest BCUT2D eigenvalue weighted by Crippen LogP contribution is -2.30. The largest absolute Gasteiger partial charge is 0.449 e. The number of anilines is 1. The minimum atomic E-state index is -4.51. The maximum Gasteiger partial charge on any atom is 0.416 e. The Morgan fingerprint density at radius 2 is 1.73 bits per heavy atom. The second kappa shape index (κ2) is 7.70. The third-order valence-corrected chi connectivity index (χ3v) is 3.41. The molecule has 0 heterocycles. The molecule has 0 spiro atoms. The lowest BCUT2D eigenvalue weighted by Gasteiger charge is -2.14. The number of hydrogen-bond acceptors (Lipinski definition) is 4. The molecular formula is C18H13F3N2O3. The number of alkyl halides is 3. The minimum absolute atomic E-state index is 0.116. The molecule has 5 nitrogen and oxygen atoms in total. The molecule has 0 radical (unpaired) electrons. The van der Waals surface area contributed by atoms with Crippen LogP contribution in [0.4, 0.5) is 18.9 Å². The van der Waals surface area contributed by atoms with E-state index in [0.717, 1.165) is 24.3 Å². The fourth-order valence-electron chi connectivity index (χ4n) is 2.00. The Bertz CT molecular complexity index is 855. The summed E-state index contributed by atoms with van der Waals surface area (Å²) in [6.07, 6.45) is -5.72. The summed E-state index contributed by atoms with van der Waals surface area (Å²) in [5.74, 6) is -1.61. The predicted octanol–water partition coefficient (Wildman–Crippen LogP) is 3.76. The molecular weight excluding hydrogens is 349 g/mol. The highest BCUT2D eigenvalue weighted by Crippen LogP contribution is 2.29. The van der Waals surface area contributed by atoms with Crippen molar-refractivity contribution < 1.29 is 27.5 Å². The molecule has 0 aromatic heterocycles. The number of esters is 1. The molecule has 26 heavy (non-hydrogen) atoms. The van der Waals surface area contributed by atoms with Gasteiger partial charge >= 0.3 is 12.1 Å². The molecule has 0 aliphatic rings. The lowest BCUT2D eigenvalue weighted by molar-refractivity contribution is -0.137. The molecule has 8 heteroatoms. The maximum absolute atomic E-state index is 12.5. The number of hydrogen-bond donors (Lipinski definition) is 1. The zero-order valence-electron chi connectivity index (χ0n) is 13.5. The highest BCUT2D eigenvalue weighted by Gasteiger charge is 2.30. The van der Waals surface area contributed by atoms with Crippen LogP contribution in [0.1, 0.15) is 28.4 Å². The van der Waals surface area contributed by atoms with Gasteiger partial charge in [-0.3, -0.25) is 4.79 Å². The van der Waals surface area contributed by atoms with Crippen LogP contribution >= 0.6 is 0 Å². The normalized spacial score (nSPS) is 12.0. The summed E-state index contributed by atoms with van der Waals surface area (Å²) >= 11 is 0. The van der Waals surface area contributed by atoms with E-state index >= 15 is 0 Å². The van der Waals surface area contributed by atoms with Gasteiger partial charge < -0.3 is 10.1 Å². The highest BCUT2D eigenvalue weighted by molar-refractivity contribution is 5.98. The van der Waals surface area contributed by atoms with Crippen molar-refractivity contribution in [2.24, 2.45) is 0 Å². The molecule has 2 aromatic rings. The van der Waals surface area contributed by atoms with Crippen LogP contribution in [0.3, 0.4) is 0 Å². The molecule has 0 aliphatic heterocycles. The van der Waals surface area contributed by atoms with Crippen LogP contribution in [0.15, 0.2) is 48.5 Å². The van der Waals surface area contributed by atoms with E-state index in [0.29, 0.717) is 0 Å². The molecule has 0 unspecified atom stereocenters. The first-order valence-corrected chi connectivity index (χ1v) is 7.40. The van der Waals surface area contributed by atoms with Gasteiger partial charge in [0.25, 0.3) is 5.91 Å². The lowest BCUT2D eigenvalue weighted by atomic mass is 10.1. The minimum Gasteiger partial charge on any atom is -0.449 e. The number of nitriles is 1. The van der Waals surface area contributed by atoms with Gasteiger partial charge in [0.05, 0.1) is 22.4 Å². The van der Waals surface area contributed by atoms with Crippen LogP contribution in [0.2, 0.25) is 0 Å².